The lowest BCUT2D eigenvalue weighted by Crippen LogP contribution is -2.49. The predicted octanol–water partition coefficient (Wildman–Crippen LogP) is 2.09. The summed E-state index contributed by atoms with van der Waals surface area (Å²) in [5.74, 6) is -2.03. The van der Waals surface area contributed by atoms with Gasteiger partial charge in [0.25, 0.3) is 0 Å². The van der Waals surface area contributed by atoms with Crippen molar-refractivity contribution >= 4 is 29.4 Å². The van der Waals surface area contributed by atoms with Crippen molar-refractivity contribution < 1.29 is 19.2 Å². The fourth-order valence-electron chi connectivity index (χ4n) is 4.43. The van der Waals surface area contributed by atoms with E-state index in [9.17, 15) is 19.2 Å². The van der Waals surface area contributed by atoms with Gasteiger partial charge in [-0.2, -0.15) is 0 Å². The maximum absolute atomic E-state index is 13.0. The number of carbonyl (C=O) groups is 4. The van der Waals surface area contributed by atoms with E-state index < -0.39 is 24.4 Å². The van der Waals surface area contributed by atoms with Crippen molar-refractivity contribution in [1.82, 2.24) is 9.80 Å². The lowest BCUT2D eigenvalue weighted by Gasteiger charge is -2.36. The van der Waals surface area contributed by atoms with E-state index in [0.717, 1.165) is 59.6 Å². The molecule has 1 aromatic carbocycles. The van der Waals surface area contributed by atoms with Crippen LogP contribution < -0.4 is 4.90 Å². The standard InChI is InChI=1S/C20H23N3O4/c1-13-10-11-14-6-2-5-9-16(14)22(13)17(24)12-21-18(25)19(26)23(20(21)27)15-7-3-4-8-15/h2,5-6,9,13,15H,3-4,7-8,10-12H2,1H3/t13-/m0/s1. The van der Waals surface area contributed by atoms with Crippen molar-refractivity contribution in [2.24, 2.45) is 0 Å². The van der Waals surface area contributed by atoms with Crippen LogP contribution in [0.15, 0.2) is 24.3 Å². The first-order valence-corrected chi connectivity index (χ1v) is 9.58. The number of hydrogen-bond acceptors (Lipinski definition) is 4. The van der Waals surface area contributed by atoms with E-state index >= 15 is 0 Å². The van der Waals surface area contributed by atoms with Crippen molar-refractivity contribution in [1.29, 1.82) is 0 Å². The SMILES string of the molecule is C[C@H]1CCc2ccccc2N1C(=O)CN1C(=O)C(=O)N(C2CCCC2)C1=O. The number of nitrogens with zero attached hydrogens (tertiary/aromatic N) is 3. The molecule has 0 N–H and O–H groups in total. The van der Waals surface area contributed by atoms with Gasteiger partial charge in [-0.25, -0.2) is 9.69 Å². The van der Waals surface area contributed by atoms with Gasteiger partial charge in [0.05, 0.1) is 0 Å². The highest BCUT2D eigenvalue weighted by molar-refractivity contribution is 6.45. The van der Waals surface area contributed by atoms with Gasteiger partial charge >= 0.3 is 17.8 Å². The molecule has 142 valence electrons. The van der Waals surface area contributed by atoms with E-state index in [4.69, 9.17) is 0 Å². The summed E-state index contributed by atoms with van der Waals surface area (Å²) in [6.45, 7) is 1.56. The molecule has 27 heavy (non-hydrogen) atoms. The zero-order chi connectivity index (χ0) is 19.1. The van der Waals surface area contributed by atoms with Crippen LogP contribution in [0.5, 0.6) is 0 Å². The Morgan fingerprint density at radius 2 is 1.74 bits per heavy atom. The Balaban J connectivity index is 1.55. The van der Waals surface area contributed by atoms with Gasteiger partial charge < -0.3 is 4.90 Å². The van der Waals surface area contributed by atoms with Crippen LogP contribution in [0.1, 0.15) is 44.6 Å². The minimum absolute atomic E-state index is 0.0261. The molecule has 1 saturated heterocycles. The molecule has 0 spiro atoms. The molecule has 1 aromatic rings. The van der Waals surface area contributed by atoms with Gasteiger partial charge in [-0.3, -0.25) is 19.3 Å². The minimum Gasteiger partial charge on any atom is -0.308 e. The summed E-state index contributed by atoms with van der Waals surface area (Å²) in [5.41, 5.74) is 1.89. The van der Waals surface area contributed by atoms with Gasteiger partial charge in [-0.1, -0.05) is 31.0 Å². The van der Waals surface area contributed by atoms with Crippen LogP contribution in [0.25, 0.3) is 0 Å². The number of hydrogen-bond donors (Lipinski definition) is 0. The minimum atomic E-state index is -0.891. The van der Waals surface area contributed by atoms with Gasteiger partial charge in [0, 0.05) is 17.8 Å². The number of imide groups is 2. The largest absolute Gasteiger partial charge is 0.334 e. The highest BCUT2D eigenvalue weighted by atomic mass is 16.2. The molecule has 0 unspecified atom stereocenters. The fraction of sp³-hybridized carbons (Fsp3) is 0.500. The van der Waals surface area contributed by atoms with Crippen molar-refractivity contribution in [3.05, 3.63) is 29.8 Å². The second kappa shape index (κ2) is 6.79. The molecule has 7 nitrogen and oxygen atoms in total. The Bertz CT molecular complexity index is 815. The molecule has 3 aliphatic rings. The first-order valence-electron chi connectivity index (χ1n) is 9.58. The lowest BCUT2D eigenvalue weighted by atomic mass is 9.96. The van der Waals surface area contributed by atoms with Gasteiger partial charge in [0.1, 0.15) is 6.54 Å². The summed E-state index contributed by atoms with van der Waals surface area (Å²) in [7, 11) is 0. The Kier molecular flexibility index (Phi) is 4.45. The number of fused-ring (bicyclic) bond motifs is 1. The number of para-hydroxylation sites is 1. The average Bonchev–Trinajstić information content (AvgIpc) is 3.25. The molecular formula is C20H23N3O4. The van der Waals surface area contributed by atoms with E-state index in [2.05, 4.69) is 0 Å². The fourth-order valence-corrected chi connectivity index (χ4v) is 4.43. The molecule has 0 radical (unpaired) electrons. The summed E-state index contributed by atoms with van der Waals surface area (Å²) in [4.78, 5) is 53.9. The second-order valence-electron chi connectivity index (χ2n) is 7.57. The van der Waals surface area contributed by atoms with Crippen molar-refractivity contribution in [3.63, 3.8) is 0 Å². The van der Waals surface area contributed by atoms with Gasteiger partial charge in [-0.05, 0) is 44.2 Å². The van der Waals surface area contributed by atoms with Crippen LogP contribution in [0.3, 0.4) is 0 Å². The Morgan fingerprint density at radius 3 is 2.48 bits per heavy atom. The third-order valence-corrected chi connectivity index (χ3v) is 5.86. The summed E-state index contributed by atoms with van der Waals surface area (Å²) < 4.78 is 0. The maximum Gasteiger partial charge on any atom is 0.334 e. The lowest BCUT2D eigenvalue weighted by molar-refractivity contribution is -0.144. The van der Waals surface area contributed by atoms with Crippen LogP contribution in [0.2, 0.25) is 0 Å². The molecular weight excluding hydrogens is 346 g/mol. The number of amides is 5. The van der Waals surface area contributed by atoms with Crippen molar-refractivity contribution in [3.8, 4) is 0 Å². The summed E-state index contributed by atoms with van der Waals surface area (Å²) in [6, 6.07) is 6.78. The summed E-state index contributed by atoms with van der Waals surface area (Å²) in [6.07, 6.45) is 5.04. The molecule has 1 atom stereocenters. The Hall–Kier alpha value is -2.70. The summed E-state index contributed by atoms with van der Waals surface area (Å²) in [5, 5.41) is 0. The van der Waals surface area contributed by atoms with Crippen LogP contribution in [0, 0.1) is 0 Å². The number of carbonyl (C=O) groups excluding carboxylic acids is 4. The maximum atomic E-state index is 13.0. The molecule has 1 saturated carbocycles. The number of urea groups is 1. The third kappa shape index (κ3) is 2.91. The zero-order valence-electron chi connectivity index (χ0n) is 15.4. The molecule has 7 heteroatoms. The second-order valence-corrected chi connectivity index (χ2v) is 7.57. The smallest absolute Gasteiger partial charge is 0.308 e. The molecule has 5 amide bonds. The number of rotatable bonds is 3. The normalized spacial score (nSPS) is 23.4. The van der Waals surface area contributed by atoms with Gasteiger partial charge in [0.2, 0.25) is 5.91 Å². The van der Waals surface area contributed by atoms with E-state index in [-0.39, 0.29) is 18.0 Å². The molecule has 2 fully saturated rings. The van der Waals surface area contributed by atoms with E-state index in [0.29, 0.717) is 0 Å². The zero-order valence-corrected chi connectivity index (χ0v) is 15.4. The van der Waals surface area contributed by atoms with Crippen molar-refractivity contribution in [2.75, 3.05) is 11.4 Å². The number of benzene rings is 1. The molecule has 2 heterocycles. The van der Waals surface area contributed by atoms with Crippen LogP contribution >= 0.6 is 0 Å². The Morgan fingerprint density at radius 1 is 1.04 bits per heavy atom. The van der Waals surface area contributed by atoms with Crippen LogP contribution in [-0.4, -0.2) is 52.2 Å². The molecule has 4 rings (SSSR count). The molecule has 0 bridgehead atoms. The Labute approximate surface area is 157 Å². The molecule has 1 aliphatic carbocycles. The molecule has 0 aromatic heterocycles. The monoisotopic (exact) mass is 369 g/mol. The molecule has 2 aliphatic heterocycles. The van der Waals surface area contributed by atoms with Gasteiger partial charge in [0.15, 0.2) is 0 Å². The van der Waals surface area contributed by atoms with Gasteiger partial charge in [-0.15, -0.1) is 0 Å². The van der Waals surface area contributed by atoms with Crippen LogP contribution in [0.4, 0.5) is 10.5 Å². The average molecular weight is 369 g/mol. The first kappa shape index (κ1) is 17.7. The quantitative estimate of drug-likeness (QED) is 0.604. The van der Waals surface area contributed by atoms with E-state index in [1.165, 1.54) is 0 Å². The first-order chi connectivity index (χ1) is 13.0. The number of anilines is 1. The van der Waals surface area contributed by atoms with Crippen LogP contribution in [-0.2, 0) is 20.8 Å². The highest BCUT2D eigenvalue weighted by Gasteiger charge is 2.49. The van der Waals surface area contributed by atoms with E-state index in [1.54, 1.807) is 4.90 Å². The predicted molar refractivity (Wildman–Crippen MR) is 97.9 cm³/mol. The summed E-state index contributed by atoms with van der Waals surface area (Å²) >= 11 is 0. The topological polar surface area (TPSA) is 78.0 Å². The van der Waals surface area contributed by atoms with E-state index in [1.807, 2.05) is 31.2 Å². The number of aryl methyl sites for hydroxylation is 1. The van der Waals surface area contributed by atoms with Crippen molar-refractivity contribution in [2.45, 2.75) is 57.5 Å². The third-order valence-electron chi connectivity index (χ3n) is 5.86. The highest BCUT2D eigenvalue weighted by Crippen LogP contribution is 2.31.